The van der Waals surface area contributed by atoms with Crippen LogP contribution < -0.4 is 0 Å². The Kier molecular flexibility index (Phi) is 6.16. The van der Waals surface area contributed by atoms with E-state index in [9.17, 15) is 15.0 Å². The lowest BCUT2D eigenvalue weighted by atomic mass is 9.94. The normalized spacial score (nSPS) is 25.8. The number of benzene rings is 1. The summed E-state index contributed by atoms with van der Waals surface area (Å²) in [7, 11) is 2.13. The van der Waals surface area contributed by atoms with Crippen LogP contribution in [0.5, 0.6) is 5.75 Å². The van der Waals surface area contributed by atoms with Crippen molar-refractivity contribution in [3.63, 3.8) is 0 Å². The Labute approximate surface area is 156 Å². The van der Waals surface area contributed by atoms with Gasteiger partial charge in [-0.3, -0.25) is 9.69 Å². The van der Waals surface area contributed by atoms with Gasteiger partial charge in [0, 0.05) is 45.8 Å². The Morgan fingerprint density at radius 2 is 1.73 bits per heavy atom. The van der Waals surface area contributed by atoms with Crippen LogP contribution >= 0.6 is 0 Å². The number of hydrogen-bond donors (Lipinski definition) is 2. The Bertz CT molecular complexity index is 599. The molecule has 2 fully saturated rings. The molecule has 1 aromatic rings. The lowest BCUT2D eigenvalue weighted by Gasteiger charge is -2.38. The van der Waals surface area contributed by atoms with Gasteiger partial charge in [0.2, 0.25) is 5.91 Å². The van der Waals surface area contributed by atoms with Crippen LogP contribution in [-0.4, -0.2) is 89.3 Å². The van der Waals surface area contributed by atoms with E-state index >= 15 is 0 Å². The molecule has 1 aromatic carbocycles. The van der Waals surface area contributed by atoms with Crippen molar-refractivity contribution >= 4 is 5.91 Å². The molecule has 2 heterocycles. The van der Waals surface area contributed by atoms with E-state index in [2.05, 4.69) is 16.8 Å². The van der Waals surface area contributed by atoms with E-state index in [0.717, 1.165) is 44.6 Å². The zero-order valence-electron chi connectivity index (χ0n) is 15.7. The lowest BCUT2D eigenvalue weighted by molar-refractivity contribution is -0.130. The summed E-state index contributed by atoms with van der Waals surface area (Å²) in [6, 6.07) is 6.79. The van der Waals surface area contributed by atoms with E-state index in [-0.39, 0.29) is 11.7 Å². The average molecular weight is 361 g/mol. The van der Waals surface area contributed by atoms with Crippen molar-refractivity contribution in [3.8, 4) is 5.75 Å². The van der Waals surface area contributed by atoms with Gasteiger partial charge < -0.3 is 20.0 Å². The minimum atomic E-state index is -0.691. The van der Waals surface area contributed by atoms with E-state index in [4.69, 9.17) is 0 Å². The number of nitrogens with zero attached hydrogens (tertiary/aromatic N) is 3. The molecule has 0 aromatic heterocycles. The molecule has 6 nitrogen and oxygen atoms in total. The van der Waals surface area contributed by atoms with Gasteiger partial charge in [-0.05, 0) is 44.0 Å². The number of carbonyl (C=O) groups is 1. The van der Waals surface area contributed by atoms with Crippen LogP contribution in [-0.2, 0) is 11.2 Å². The van der Waals surface area contributed by atoms with E-state index in [1.807, 2.05) is 4.90 Å². The van der Waals surface area contributed by atoms with Gasteiger partial charge in [-0.1, -0.05) is 12.1 Å². The van der Waals surface area contributed by atoms with E-state index in [1.165, 1.54) is 0 Å². The largest absolute Gasteiger partial charge is 0.508 e. The molecule has 2 aliphatic heterocycles. The number of piperazine rings is 1. The van der Waals surface area contributed by atoms with Gasteiger partial charge in [0.15, 0.2) is 0 Å². The van der Waals surface area contributed by atoms with Gasteiger partial charge in [-0.15, -0.1) is 0 Å². The first-order chi connectivity index (χ1) is 12.4. The molecular weight excluding hydrogens is 330 g/mol. The summed E-state index contributed by atoms with van der Waals surface area (Å²) in [4.78, 5) is 19.2. The highest BCUT2D eigenvalue weighted by Gasteiger charge is 2.33. The van der Waals surface area contributed by atoms with Crippen LogP contribution in [0.15, 0.2) is 24.3 Å². The van der Waals surface area contributed by atoms with Crippen molar-refractivity contribution in [2.45, 2.75) is 31.3 Å². The number of phenolic OH excluding ortho intramolecular Hbond substituents is 1. The number of likely N-dealkylation sites (tertiary alicyclic amines) is 1. The summed E-state index contributed by atoms with van der Waals surface area (Å²) in [5, 5.41) is 20.4. The van der Waals surface area contributed by atoms with Crippen molar-refractivity contribution in [1.82, 2.24) is 14.7 Å². The second-order valence-electron chi connectivity index (χ2n) is 7.88. The Hall–Kier alpha value is -1.63. The number of aromatic hydroxyl groups is 1. The Balaban J connectivity index is 1.52. The van der Waals surface area contributed by atoms with Gasteiger partial charge in [0.05, 0.1) is 12.0 Å². The summed E-state index contributed by atoms with van der Waals surface area (Å²) in [5.74, 6) is 0.310. The quantitative estimate of drug-likeness (QED) is 0.835. The van der Waals surface area contributed by atoms with Crippen molar-refractivity contribution in [2.24, 2.45) is 0 Å². The topological polar surface area (TPSA) is 67.2 Å². The zero-order valence-corrected chi connectivity index (χ0v) is 15.7. The summed E-state index contributed by atoms with van der Waals surface area (Å²) in [6.45, 7) is 6.13. The van der Waals surface area contributed by atoms with Crippen LogP contribution in [0, 0.1) is 0 Å². The predicted molar refractivity (Wildman–Crippen MR) is 101 cm³/mol. The molecule has 26 heavy (non-hydrogen) atoms. The highest BCUT2D eigenvalue weighted by Crippen LogP contribution is 2.24. The number of aliphatic hydroxyl groups is 1. The minimum Gasteiger partial charge on any atom is -0.508 e. The molecule has 0 aliphatic carbocycles. The van der Waals surface area contributed by atoms with Crippen LogP contribution in [0.3, 0.4) is 0 Å². The molecule has 2 N–H and O–H groups in total. The SMILES string of the molecule is CN1CCN(C[C@]2(O)CCCN(C(=O)Cc3ccc(O)cc3)CC2)CC1. The number of amides is 1. The molecule has 0 spiro atoms. The molecule has 1 amide bonds. The number of rotatable bonds is 4. The highest BCUT2D eigenvalue weighted by molar-refractivity contribution is 5.78. The maximum atomic E-state index is 12.6. The van der Waals surface area contributed by atoms with Gasteiger partial charge in [-0.25, -0.2) is 0 Å². The van der Waals surface area contributed by atoms with Crippen LogP contribution in [0.1, 0.15) is 24.8 Å². The van der Waals surface area contributed by atoms with Crippen LogP contribution in [0.25, 0.3) is 0 Å². The highest BCUT2D eigenvalue weighted by atomic mass is 16.3. The summed E-state index contributed by atoms with van der Waals surface area (Å²) < 4.78 is 0. The minimum absolute atomic E-state index is 0.0968. The fourth-order valence-electron chi connectivity index (χ4n) is 3.91. The molecule has 2 saturated heterocycles. The number of hydrogen-bond acceptors (Lipinski definition) is 5. The smallest absolute Gasteiger partial charge is 0.226 e. The van der Waals surface area contributed by atoms with Crippen molar-refractivity contribution in [1.29, 1.82) is 0 Å². The first-order valence-corrected chi connectivity index (χ1v) is 9.62. The molecule has 0 radical (unpaired) electrons. The van der Waals surface area contributed by atoms with E-state index in [1.54, 1.807) is 24.3 Å². The molecule has 2 aliphatic rings. The third-order valence-corrected chi connectivity index (χ3v) is 5.68. The predicted octanol–water partition coefficient (Wildman–Crippen LogP) is 0.926. The molecule has 0 unspecified atom stereocenters. The average Bonchev–Trinajstić information content (AvgIpc) is 2.81. The fraction of sp³-hybridized carbons (Fsp3) is 0.650. The first-order valence-electron chi connectivity index (χ1n) is 9.62. The molecule has 1 atom stereocenters. The molecule has 6 heteroatoms. The molecule has 144 valence electrons. The summed E-state index contributed by atoms with van der Waals surface area (Å²) in [5.41, 5.74) is 0.216. The lowest BCUT2D eigenvalue weighted by Crippen LogP contribution is -2.51. The second-order valence-corrected chi connectivity index (χ2v) is 7.88. The van der Waals surface area contributed by atoms with Crippen molar-refractivity contribution in [3.05, 3.63) is 29.8 Å². The van der Waals surface area contributed by atoms with E-state index < -0.39 is 5.60 Å². The maximum Gasteiger partial charge on any atom is 0.226 e. The van der Waals surface area contributed by atoms with Crippen molar-refractivity contribution < 1.29 is 15.0 Å². The molecular formula is C20H31N3O3. The monoisotopic (exact) mass is 361 g/mol. The van der Waals surface area contributed by atoms with Crippen LogP contribution in [0.4, 0.5) is 0 Å². The van der Waals surface area contributed by atoms with Crippen LogP contribution in [0.2, 0.25) is 0 Å². The van der Waals surface area contributed by atoms with Gasteiger partial charge >= 0.3 is 0 Å². The maximum absolute atomic E-state index is 12.6. The first kappa shape index (κ1) is 19.1. The number of β-amino-alcohol motifs (C(OH)–C–C–N with tert-alkyl or cyclic N) is 1. The number of phenols is 1. The summed E-state index contributed by atoms with van der Waals surface area (Å²) in [6.07, 6.45) is 2.58. The fourth-order valence-corrected chi connectivity index (χ4v) is 3.91. The zero-order chi connectivity index (χ0) is 18.6. The standard InChI is InChI=1S/C20H31N3O3/c1-21-11-13-22(14-12-21)16-20(26)7-2-9-23(10-8-20)19(25)15-17-3-5-18(24)6-4-17/h3-6,24,26H,2,7-16H2,1H3/t20-/m0/s1. The summed E-state index contributed by atoms with van der Waals surface area (Å²) >= 11 is 0. The number of likely N-dealkylation sites (N-methyl/N-ethyl adjacent to an activating group) is 1. The second kappa shape index (κ2) is 8.37. The van der Waals surface area contributed by atoms with Gasteiger partial charge in [-0.2, -0.15) is 0 Å². The van der Waals surface area contributed by atoms with Gasteiger partial charge in [0.25, 0.3) is 0 Å². The Morgan fingerprint density at radius 3 is 2.42 bits per heavy atom. The van der Waals surface area contributed by atoms with Gasteiger partial charge in [0.1, 0.15) is 5.75 Å². The van der Waals surface area contributed by atoms with E-state index in [0.29, 0.717) is 32.5 Å². The molecule has 3 rings (SSSR count). The van der Waals surface area contributed by atoms with Crippen molar-refractivity contribution in [2.75, 3.05) is 52.9 Å². The molecule has 0 saturated carbocycles. The molecule has 0 bridgehead atoms. The third-order valence-electron chi connectivity index (χ3n) is 5.68. The third kappa shape index (κ3) is 5.19. The number of carbonyl (C=O) groups excluding carboxylic acids is 1. The Morgan fingerprint density at radius 1 is 1.04 bits per heavy atom.